The number of likely N-dealkylation sites (N-methyl/N-ethyl adjacent to an activating group) is 1. The van der Waals surface area contributed by atoms with Crippen molar-refractivity contribution >= 4 is 17.7 Å². The Morgan fingerprint density at radius 3 is 2.03 bits per heavy atom. The summed E-state index contributed by atoms with van der Waals surface area (Å²) in [4.78, 5) is 43.0. The van der Waals surface area contributed by atoms with Crippen molar-refractivity contribution in [2.24, 2.45) is 5.92 Å². The van der Waals surface area contributed by atoms with Gasteiger partial charge in [-0.3, -0.25) is 14.4 Å². The second-order valence-electron chi connectivity index (χ2n) is 8.56. The maximum Gasteiger partial charge on any atom is 0.253 e. The van der Waals surface area contributed by atoms with E-state index in [4.69, 9.17) is 9.47 Å². The number of likely N-dealkylation sites (tertiary alicyclic amines) is 1. The summed E-state index contributed by atoms with van der Waals surface area (Å²) >= 11 is 0. The minimum absolute atomic E-state index is 0.0608. The van der Waals surface area contributed by atoms with E-state index < -0.39 is 6.04 Å². The first kappa shape index (κ1) is 26.1. The van der Waals surface area contributed by atoms with Crippen LogP contribution >= 0.6 is 0 Å². The van der Waals surface area contributed by atoms with Crippen LogP contribution < -0.4 is 14.8 Å². The average molecular weight is 482 g/mol. The van der Waals surface area contributed by atoms with Gasteiger partial charge in [-0.15, -0.1) is 0 Å². The lowest BCUT2D eigenvalue weighted by Crippen LogP contribution is -2.54. The van der Waals surface area contributed by atoms with Crippen molar-refractivity contribution in [3.63, 3.8) is 0 Å². The molecule has 0 radical (unpaired) electrons. The van der Waals surface area contributed by atoms with Gasteiger partial charge in [0.15, 0.2) is 0 Å². The SMILES string of the molecule is CCN(CC)C(=O)[C@@H](NC(=O)c1cccc(OC)c1)C1CCN(C(=O)c2cccc(OC)c2)CC1. The summed E-state index contributed by atoms with van der Waals surface area (Å²) < 4.78 is 10.5. The molecule has 3 rings (SSSR count). The Morgan fingerprint density at radius 2 is 1.49 bits per heavy atom. The monoisotopic (exact) mass is 481 g/mol. The number of hydrogen-bond donors (Lipinski definition) is 1. The van der Waals surface area contributed by atoms with Crippen molar-refractivity contribution in [3.8, 4) is 11.5 Å². The number of nitrogens with one attached hydrogen (secondary N) is 1. The largest absolute Gasteiger partial charge is 0.497 e. The number of rotatable bonds is 9. The maximum atomic E-state index is 13.4. The van der Waals surface area contributed by atoms with E-state index in [0.29, 0.717) is 61.6 Å². The molecule has 0 saturated carbocycles. The van der Waals surface area contributed by atoms with Gasteiger partial charge in [0.25, 0.3) is 11.8 Å². The molecule has 0 unspecified atom stereocenters. The molecule has 2 aromatic carbocycles. The van der Waals surface area contributed by atoms with Crippen LogP contribution in [-0.4, -0.2) is 74.0 Å². The summed E-state index contributed by atoms with van der Waals surface area (Å²) in [5.74, 6) is 0.666. The molecule has 1 fully saturated rings. The maximum absolute atomic E-state index is 13.4. The lowest BCUT2D eigenvalue weighted by atomic mass is 9.87. The van der Waals surface area contributed by atoms with Gasteiger partial charge in [0.05, 0.1) is 14.2 Å². The summed E-state index contributed by atoms with van der Waals surface area (Å²) in [6.07, 6.45) is 1.23. The zero-order valence-corrected chi connectivity index (χ0v) is 21.0. The van der Waals surface area contributed by atoms with E-state index in [-0.39, 0.29) is 23.6 Å². The van der Waals surface area contributed by atoms with Gasteiger partial charge in [0.2, 0.25) is 5.91 Å². The Morgan fingerprint density at radius 1 is 0.943 bits per heavy atom. The minimum atomic E-state index is -0.664. The van der Waals surface area contributed by atoms with Gasteiger partial charge in [0, 0.05) is 37.3 Å². The van der Waals surface area contributed by atoms with Crippen molar-refractivity contribution < 1.29 is 23.9 Å². The third-order valence-electron chi connectivity index (χ3n) is 6.57. The lowest BCUT2D eigenvalue weighted by molar-refractivity contribution is -0.134. The fraction of sp³-hybridized carbons (Fsp3) is 0.444. The summed E-state index contributed by atoms with van der Waals surface area (Å²) in [5.41, 5.74) is 1.01. The molecule has 35 heavy (non-hydrogen) atoms. The Balaban J connectivity index is 1.74. The second-order valence-corrected chi connectivity index (χ2v) is 8.56. The van der Waals surface area contributed by atoms with Crippen molar-refractivity contribution in [2.45, 2.75) is 32.7 Å². The molecule has 0 bridgehead atoms. The summed E-state index contributed by atoms with van der Waals surface area (Å²) in [6.45, 7) is 6.01. The van der Waals surface area contributed by atoms with Crippen molar-refractivity contribution in [3.05, 3.63) is 59.7 Å². The number of nitrogens with zero attached hydrogens (tertiary/aromatic N) is 2. The van der Waals surface area contributed by atoms with E-state index in [1.807, 2.05) is 13.8 Å². The fourth-order valence-electron chi connectivity index (χ4n) is 4.48. The van der Waals surface area contributed by atoms with Gasteiger partial charge in [-0.05, 0) is 69.0 Å². The number of benzene rings is 2. The normalized spacial score (nSPS) is 14.7. The predicted octanol–water partition coefficient (Wildman–Crippen LogP) is 3.22. The molecule has 188 valence electrons. The van der Waals surface area contributed by atoms with Crippen LogP contribution in [0.2, 0.25) is 0 Å². The van der Waals surface area contributed by atoms with Crippen LogP contribution in [0.1, 0.15) is 47.4 Å². The number of carbonyl (C=O) groups is 3. The van der Waals surface area contributed by atoms with Crippen LogP contribution in [0.4, 0.5) is 0 Å². The molecule has 1 atom stereocenters. The first-order chi connectivity index (χ1) is 16.9. The smallest absolute Gasteiger partial charge is 0.253 e. The van der Waals surface area contributed by atoms with Crippen LogP contribution in [0.25, 0.3) is 0 Å². The van der Waals surface area contributed by atoms with Gasteiger partial charge in [-0.25, -0.2) is 0 Å². The van der Waals surface area contributed by atoms with Crippen LogP contribution in [0.15, 0.2) is 48.5 Å². The lowest BCUT2D eigenvalue weighted by Gasteiger charge is -2.37. The molecule has 0 aliphatic carbocycles. The highest BCUT2D eigenvalue weighted by Gasteiger charge is 2.36. The van der Waals surface area contributed by atoms with E-state index in [1.165, 1.54) is 0 Å². The second kappa shape index (κ2) is 12.2. The Labute approximate surface area is 207 Å². The molecular formula is C27H35N3O5. The molecule has 8 heteroatoms. The Hall–Kier alpha value is -3.55. The number of hydrogen-bond acceptors (Lipinski definition) is 5. The van der Waals surface area contributed by atoms with Gasteiger partial charge >= 0.3 is 0 Å². The van der Waals surface area contributed by atoms with Crippen molar-refractivity contribution in [1.82, 2.24) is 15.1 Å². The van der Waals surface area contributed by atoms with E-state index in [2.05, 4.69) is 5.32 Å². The van der Waals surface area contributed by atoms with Crippen molar-refractivity contribution in [2.75, 3.05) is 40.4 Å². The van der Waals surface area contributed by atoms with E-state index >= 15 is 0 Å². The molecule has 1 N–H and O–H groups in total. The molecule has 1 aliphatic rings. The molecule has 1 heterocycles. The number of piperidine rings is 1. The van der Waals surface area contributed by atoms with Gasteiger partial charge in [0.1, 0.15) is 17.5 Å². The molecule has 0 aromatic heterocycles. The summed E-state index contributed by atoms with van der Waals surface area (Å²) in [7, 11) is 3.12. The zero-order valence-electron chi connectivity index (χ0n) is 21.0. The van der Waals surface area contributed by atoms with Crippen LogP contribution in [0.3, 0.4) is 0 Å². The minimum Gasteiger partial charge on any atom is -0.497 e. The van der Waals surface area contributed by atoms with Gasteiger partial charge in [-0.1, -0.05) is 12.1 Å². The molecule has 0 spiro atoms. The number of ether oxygens (including phenoxy) is 2. The molecule has 1 aliphatic heterocycles. The fourth-order valence-corrected chi connectivity index (χ4v) is 4.48. The van der Waals surface area contributed by atoms with Crippen LogP contribution in [0.5, 0.6) is 11.5 Å². The first-order valence-electron chi connectivity index (χ1n) is 12.1. The van der Waals surface area contributed by atoms with Crippen LogP contribution in [-0.2, 0) is 4.79 Å². The van der Waals surface area contributed by atoms with Gasteiger partial charge in [-0.2, -0.15) is 0 Å². The van der Waals surface area contributed by atoms with Crippen molar-refractivity contribution in [1.29, 1.82) is 0 Å². The van der Waals surface area contributed by atoms with Gasteiger partial charge < -0.3 is 24.6 Å². The third-order valence-corrected chi connectivity index (χ3v) is 6.57. The van der Waals surface area contributed by atoms with E-state index in [1.54, 1.807) is 72.6 Å². The highest BCUT2D eigenvalue weighted by Crippen LogP contribution is 2.25. The highest BCUT2D eigenvalue weighted by molar-refractivity contribution is 5.98. The number of methoxy groups -OCH3 is 2. The molecule has 1 saturated heterocycles. The highest BCUT2D eigenvalue weighted by atomic mass is 16.5. The number of amides is 3. The molecule has 3 amide bonds. The summed E-state index contributed by atoms with van der Waals surface area (Å²) in [5, 5.41) is 2.99. The third kappa shape index (κ3) is 6.32. The van der Waals surface area contributed by atoms with E-state index in [0.717, 1.165) is 0 Å². The quantitative estimate of drug-likeness (QED) is 0.594. The summed E-state index contributed by atoms with van der Waals surface area (Å²) in [6, 6.07) is 13.3. The standard InChI is InChI=1S/C27H35N3O5/c1-5-29(6-2)27(33)24(28-25(31)20-9-7-11-22(17-20)34-3)19-13-15-30(16-14-19)26(32)21-10-8-12-23(18-21)35-4/h7-12,17-19,24H,5-6,13-16H2,1-4H3,(H,28,31)/t24-/m0/s1. The van der Waals surface area contributed by atoms with E-state index in [9.17, 15) is 14.4 Å². The zero-order chi connectivity index (χ0) is 25.4. The molecule has 2 aromatic rings. The predicted molar refractivity (Wildman–Crippen MR) is 134 cm³/mol. The Bertz CT molecular complexity index is 1030. The average Bonchev–Trinajstić information content (AvgIpc) is 2.91. The first-order valence-corrected chi connectivity index (χ1v) is 12.1. The Kier molecular flexibility index (Phi) is 9.11. The number of carbonyl (C=O) groups excluding carboxylic acids is 3. The molecule has 8 nitrogen and oxygen atoms in total. The van der Waals surface area contributed by atoms with Crippen LogP contribution in [0, 0.1) is 5.92 Å². The molecular weight excluding hydrogens is 446 g/mol. The topological polar surface area (TPSA) is 88.2 Å².